The predicted molar refractivity (Wildman–Crippen MR) is 89.7 cm³/mol. The molecule has 1 amide bonds. The summed E-state index contributed by atoms with van der Waals surface area (Å²) in [5.41, 5.74) is 1.01. The lowest BCUT2D eigenvalue weighted by Gasteiger charge is -2.14. The first-order chi connectivity index (χ1) is 10.9. The van der Waals surface area contributed by atoms with Crippen LogP contribution in [0.5, 0.6) is 11.5 Å². The molecule has 0 heterocycles. The number of phenols is 1. The van der Waals surface area contributed by atoms with Gasteiger partial charge in [-0.1, -0.05) is 26.3 Å². The van der Waals surface area contributed by atoms with Gasteiger partial charge in [-0.25, -0.2) is 0 Å². The van der Waals surface area contributed by atoms with Crippen molar-refractivity contribution in [3.63, 3.8) is 0 Å². The molecule has 2 N–H and O–H groups in total. The van der Waals surface area contributed by atoms with Gasteiger partial charge in [0.15, 0.2) is 11.5 Å². The van der Waals surface area contributed by atoms with E-state index in [-0.39, 0.29) is 23.5 Å². The second-order valence-corrected chi connectivity index (χ2v) is 6.06. The summed E-state index contributed by atoms with van der Waals surface area (Å²) in [7, 11) is 1.50. The van der Waals surface area contributed by atoms with Crippen LogP contribution in [0.4, 0.5) is 0 Å². The number of carbonyl (C=O) groups is 2. The molecule has 0 aliphatic heterocycles. The van der Waals surface area contributed by atoms with Crippen molar-refractivity contribution in [3.8, 4) is 11.5 Å². The van der Waals surface area contributed by atoms with Gasteiger partial charge in [0.2, 0.25) is 5.78 Å². The molecule has 0 bridgehead atoms. The Morgan fingerprint density at radius 2 is 2.00 bits per heavy atom. The van der Waals surface area contributed by atoms with Crippen LogP contribution in [0.1, 0.15) is 45.6 Å². The topological polar surface area (TPSA) is 75.6 Å². The van der Waals surface area contributed by atoms with Crippen LogP contribution in [0.3, 0.4) is 0 Å². The van der Waals surface area contributed by atoms with Crippen LogP contribution >= 0.6 is 0 Å². The molecule has 0 saturated heterocycles. The van der Waals surface area contributed by atoms with Crippen LogP contribution in [0, 0.1) is 5.92 Å². The molecular weight excluding hydrogens is 294 g/mol. The molecule has 0 radical (unpaired) electrons. The van der Waals surface area contributed by atoms with Gasteiger partial charge in [0, 0.05) is 12.5 Å². The number of hydrogen-bond acceptors (Lipinski definition) is 4. The van der Waals surface area contributed by atoms with Gasteiger partial charge < -0.3 is 15.2 Å². The van der Waals surface area contributed by atoms with E-state index in [1.54, 1.807) is 12.1 Å². The molecule has 2 atom stereocenters. The minimum Gasteiger partial charge on any atom is -0.504 e. The molecule has 0 spiro atoms. The number of phenolic OH excluding ortho intramolecular Hbond substituents is 1. The largest absolute Gasteiger partial charge is 0.504 e. The fourth-order valence-electron chi connectivity index (χ4n) is 2.19. The normalized spacial score (nSPS) is 13.2. The maximum Gasteiger partial charge on any atom is 0.287 e. The van der Waals surface area contributed by atoms with E-state index in [9.17, 15) is 14.7 Å². The second-order valence-electron chi connectivity index (χ2n) is 6.06. The molecule has 0 aromatic heterocycles. The van der Waals surface area contributed by atoms with Gasteiger partial charge in [-0.2, -0.15) is 0 Å². The molecule has 1 rings (SSSR count). The van der Waals surface area contributed by atoms with E-state index in [2.05, 4.69) is 5.32 Å². The van der Waals surface area contributed by atoms with Crippen LogP contribution in [0.2, 0.25) is 0 Å². The first-order valence-corrected chi connectivity index (χ1v) is 8.06. The Balaban J connectivity index is 2.46. The third-order valence-corrected chi connectivity index (χ3v) is 3.97. The number of methoxy groups -OCH3 is 1. The van der Waals surface area contributed by atoms with Gasteiger partial charge >= 0.3 is 0 Å². The van der Waals surface area contributed by atoms with Crippen LogP contribution in [-0.2, 0) is 16.0 Å². The third-order valence-electron chi connectivity index (χ3n) is 3.97. The SMILES string of the molecule is CCC(C)CC(=O)C(=O)NC(C)CCc1ccc(O)c(OC)c1. The van der Waals surface area contributed by atoms with Gasteiger partial charge in [0.05, 0.1) is 7.11 Å². The molecule has 0 aliphatic rings. The van der Waals surface area contributed by atoms with Gasteiger partial charge in [-0.05, 0) is 43.4 Å². The summed E-state index contributed by atoms with van der Waals surface area (Å²) in [5, 5.41) is 12.3. The summed E-state index contributed by atoms with van der Waals surface area (Å²) in [5.74, 6) is -0.0808. The summed E-state index contributed by atoms with van der Waals surface area (Å²) in [6, 6.07) is 5.09. The Morgan fingerprint density at radius 1 is 1.30 bits per heavy atom. The molecule has 23 heavy (non-hydrogen) atoms. The minimum absolute atomic E-state index is 0.0943. The van der Waals surface area contributed by atoms with Crippen molar-refractivity contribution in [2.24, 2.45) is 5.92 Å². The van der Waals surface area contributed by atoms with Gasteiger partial charge in [-0.15, -0.1) is 0 Å². The predicted octanol–water partition coefficient (Wildman–Crippen LogP) is 2.84. The Kier molecular flexibility index (Phi) is 7.59. The fraction of sp³-hybridized carbons (Fsp3) is 0.556. The van der Waals surface area contributed by atoms with Crippen molar-refractivity contribution in [2.45, 2.75) is 52.5 Å². The Morgan fingerprint density at radius 3 is 2.61 bits per heavy atom. The van der Waals surface area contributed by atoms with Crippen LogP contribution < -0.4 is 10.1 Å². The summed E-state index contributed by atoms with van der Waals surface area (Å²) < 4.78 is 5.07. The van der Waals surface area contributed by atoms with Crippen molar-refractivity contribution in [3.05, 3.63) is 23.8 Å². The number of carbonyl (C=O) groups excluding carboxylic acids is 2. The standard InChI is InChI=1S/C18H27NO4/c1-5-12(2)10-16(21)18(22)19-13(3)6-7-14-8-9-15(20)17(11-14)23-4/h8-9,11-13,20H,5-7,10H2,1-4H3,(H,19,22). The lowest BCUT2D eigenvalue weighted by molar-refractivity contribution is -0.138. The van der Waals surface area contributed by atoms with Crippen LogP contribution in [-0.4, -0.2) is 29.9 Å². The zero-order chi connectivity index (χ0) is 17.4. The molecular formula is C18H27NO4. The van der Waals surface area contributed by atoms with Crippen LogP contribution in [0.15, 0.2) is 18.2 Å². The van der Waals surface area contributed by atoms with E-state index in [0.717, 1.165) is 18.4 Å². The molecule has 5 heteroatoms. The quantitative estimate of drug-likeness (QED) is 0.686. The van der Waals surface area contributed by atoms with Crippen LogP contribution in [0.25, 0.3) is 0 Å². The summed E-state index contributed by atoms with van der Waals surface area (Å²) >= 11 is 0. The van der Waals surface area contributed by atoms with E-state index in [1.807, 2.05) is 26.8 Å². The number of aryl methyl sites for hydroxylation is 1. The highest BCUT2D eigenvalue weighted by Crippen LogP contribution is 2.26. The highest BCUT2D eigenvalue weighted by Gasteiger charge is 2.18. The first kappa shape index (κ1) is 19.0. The van der Waals surface area contributed by atoms with Crippen molar-refractivity contribution in [1.29, 1.82) is 0 Å². The van der Waals surface area contributed by atoms with E-state index in [1.165, 1.54) is 7.11 Å². The Bertz CT molecular complexity index is 542. The van der Waals surface area contributed by atoms with Crippen molar-refractivity contribution in [1.82, 2.24) is 5.32 Å². The number of ether oxygens (including phenoxy) is 1. The summed E-state index contributed by atoms with van der Waals surface area (Å²) in [6.45, 7) is 5.85. The monoisotopic (exact) mass is 321 g/mol. The lowest BCUT2D eigenvalue weighted by atomic mass is 10.0. The maximum absolute atomic E-state index is 11.8. The lowest BCUT2D eigenvalue weighted by Crippen LogP contribution is -2.38. The Hall–Kier alpha value is -2.04. The molecule has 128 valence electrons. The summed E-state index contributed by atoms with van der Waals surface area (Å²) in [4.78, 5) is 23.6. The molecule has 1 aromatic rings. The second kappa shape index (κ2) is 9.18. The van der Waals surface area contributed by atoms with E-state index in [0.29, 0.717) is 18.6 Å². The number of rotatable bonds is 9. The first-order valence-electron chi connectivity index (χ1n) is 8.06. The molecule has 1 aromatic carbocycles. The minimum atomic E-state index is -0.499. The number of benzene rings is 1. The number of Topliss-reactive ketones (excluding diaryl/α,β-unsaturated/α-hetero) is 1. The average Bonchev–Trinajstić information content (AvgIpc) is 2.53. The van der Waals surface area contributed by atoms with E-state index < -0.39 is 5.91 Å². The number of amides is 1. The molecule has 0 fully saturated rings. The smallest absolute Gasteiger partial charge is 0.287 e. The zero-order valence-corrected chi connectivity index (χ0v) is 14.4. The Labute approximate surface area is 138 Å². The van der Waals surface area contributed by atoms with E-state index >= 15 is 0 Å². The van der Waals surface area contributed by atoms with Crippen molar-refractivity contribution in [2.75, 3.05) is 7.11 Å². The average molecular weight is 321 g/mol. The van der Waals surface area contributed by atoms with Gasteiger partial charge in [0.25, 0.3) is 5.91 Å². The molecule has 0 aliphatic carbocycles. The van der Waals surface area contributed by atoms with Crippen molar-refractivity contribution < 1.29 is 19.4 Å². The van der Waals surface area contributed by atoms with Crippen molar-refractivity contribution >= 4 is 11.7 Å². The van der Waals surface area contributed by atoms with Gasteiger partial charge in [0.1, 0.15) is 0 Å². The van der Waals surface area contributed by atoms with E-state index in [4.69, 9.17) is 4.74 Å². The van der Waals surface area contributed by atoms with Gasteiger partial charge in [-0.3, -0.25) is 9.59 Å². The zero-order valence-electron chi connectivity index (χ0n) is 14.4. The number of ketones is 1. The molecule has 0 saturated carbocycles. The third kappa shape index (κ3) is 6.30. The highest BCUT2D eigenvalue weighted by molar-refractivity contribution is 6.36. The number of aromatic hydroxyl groups is 1. The summed E-state index contributed by atoms with van der Waals surface area (Å²) in [6.07, 6.45) is 2.61. The number of nitrogens with one attached hydrogen (secondary N) is 1. The molecule has 5 nitrogen and oxygen atoms in total. The fourth-order valence-corrected chi connectivity index (χ4v) is 2.19. The maximum atomic E-state index is 11.8. The highest BCUT2D eigenvalue weighted by atomic mass is 16.5. The number of hydrogen-bond donors (Lipinski definition) is 2. The molecule has 2 unspecified atom stereocenters.